The molecule has 0 amide bonds. The van der Waals surface area contributed by atoms with Crippen LogP contribution in [-0.2, 0) is 22.7 Å². The molecule has 1 fully saturated rings. The number of hydrogen-bond donors (Lipinski definition) is 1. The molecule has 1 saturated heterocycles. The van der Waals surface area contributed by atoms with Crippen molar-refractivity contribution in [3.8, 4) is 17.2 Å². The van der Waals surface area contributed by atoms with Crippen LogP contribution in [0.25, 0.3) is 0 Å². The Hall–Kier alpha value is -3.35. The van der Waals surface area contributed by atoms with Crippen molar-refractivity contribution in [2.75, 3.05) is 26.7 Å². The first-order valence-electron chi connectivity index (χ1n) is 11.7. The number of hydrogen-bond acceptors (Lipinski definition) is 6. The van der Waals surface area contributed by atoms with Gasteiger partial charge in [0, 0.05) is 12.6 Å². The van der Waals surface area contributed by atoms with Crippen molar-refractivity contribution in [1.29, 1.82) is 0 Å². The summed E-state index contributed by atoms with van der Waals surface area (Å²) in [6.45, 7) is 3.40. The van der Waals surface area contributed by atoms with E-state index in [1.54, 1.807) is 7.11 Å². The molecule has 178 valence electrons. The van der Waals surface area contributed by atoms with E-state index in [1.165, 1.54) is 5.56 Å². The fourth-order valence-corrected chi connectivity index (χ4v) is 4.11. The molecule has 0 atom stereocenters. The highest BCUT2D eigenvalue weighted by molar-refractivity contribution is 5.71. The predicted molar refractivity (Wildman–Crippen MR) is 132 cm³/mol. The zero-order valence-electron chi connectivity index (χ0n) is 19.6. The molecule has 3 aromatic rings. The van der Waals surface area contributed by atoms with E-state index in [0.29, 0.717) is 24.1 Å². The van der Waals surface area contributed by atoms with Crippen LogP contribution < -0.4 is 14.8 Å². The molecule has 0 aliphatic carbocycles. The van der Waals surface area contributed by atoms with Crippen LogP contribution in [0, 0.1) is 0 Å². The van der Waals surface area contributed by atoms with Crippen molar-refractivity contribution in [1.82, 2.24) is 10.2 Å². The van der Waals surface area contributed by atoms with Crippen LogP contribution >= 0.6 is 0 Å². The highest BCUT2D eigenvalue weighted by Crippen LogP contribution is 2.31. The third-order valence-electron chi connectivity index (χ3n) is 5.97. The molecule has 0 unspecified atom stereocenters. The van der Waals surface area contributed by atoms with Crippen LogP contribution in [-0.4, -0.2) is 43.7 Å². The van der Waals surface area contributed by atoms with Gasteiger partial charge in [-0.3, -0.25) is 9.69 Å². The minimum absolute atomic E-state index is 0.210. The molecule has 34 heavy (non-hydrogen) atoms. The van der Waals surface area contributed by atoms with Gasteiger partial charge in [-0.15, -0.1) is 0 Å². The topological polar surface area (TPSA) is 60.0 Å². The van der Waals surface area contributed by atoms with Gasteiger partial charge in [0.2, 0.25) is 0 Å². The minimum atomic E-state index is -0.210. The van der Waals surface area contributed by atoms with Gasteiger partial charge in [0.1, 0.15) is 12.4 Å². The van der Waals surface area contributed by atoms with Crippen LogP contribution in [0.3, 0.4) is 0 Å². The largest absolute Gasteiger partial charge is 0.493 e. The summed E-state index contributed by atoms with van der Waals surface area (Å²) in [5.74, 6) is 2.01. The number of piperidine rings is 1. The zero-order valence-corrected chi connectivity index (χ0v) is 19.6. The van der Waals surface area contributed by atoms with Crippen molar-refractivity contribution in [2.45, 2.75) is 32.0 Å². The first kappa shape index (κ1) is 23.8. The summed E-state index contributed by atoms with van der Waals surface area (Å²) in [5.41, 5.74) is 2.21. The van der Waals surface area contributed by atoms with Crippen molar-refractivity contribution in [3.05, 3.63) is 90.0 Å². The van der Waals surface area contributed by atoms with Crippen LogP contribution in [0.2, 0.25) is 0 Å². The molecule has 1 N–H and O–H groups in total. The van der Waals surface area contributed by atoms with Gasteiger partial charge in [-0.05, 0) is 61.3 Å². The molecule has 0 radical (unpaired) electrons. The Kier molecular flexibility index (Phi) is 8.54. The standard InChI is InChI=1S/C28H32N2O4/c1-32-26-12-5-6-13-27(26)34-25-11-7-10-23(18-25)20-30-16-14-24(15-17-30)29-19-28(31)33-21-22-8-3-2-4-9-22/h2-13,18,24,29H,14-17,19-21H2,1H3. The Morgan fingerprint density at radius 1 is 0.912 bits per heavy atom. The van der Waals surface area contributed by atoms with Crippen molar-refractivity contribution in [3.63, 3.8) is 0 Å². The zero-order chi connectivity index (χ0) is 23.6. The van der Waals surface area contributed by atoms with Crippen molar-refractivity contribution < 1.29 is 19.0 Å². The maximum atomic E-state index is 12.1. The molecular weight excluding hydrogens is 428 g/mol. The van der Waals surface area contributed by atoms with E-state index in [0.717, 1.165) is 43.8 Å². The summed E-state index contributed by atoms with van der Waals surface area (Å²) in [6.07, 6.45) is 2.01. The minimum Gasteiger partial charge on any atom is -0.493 e. The lowest BCUT2D eigenvalue weighted by Crippen LogP contribution is -2.43. The van der Waals surface area contributed by atoms with Gasteiger partial charge in [-0.2, -0.15) is 0 Å². The molecule has 1 heterocycles. The third kappa shape index (κ3) is 7.07. The molecule has 0 aromatic heterocycles. The van der Waals surface area contributed by atoms with Gasteiger partial charge in [0.25, 0.3) is 0 Å². The smallest absolute Gasteiger partial charge is 0.320 e. The molecule has 6 heteroatoms. The number of nitrogens with one attached hydrogen (secondary N) is 1. The number of benzene rings is 3. The lowest BCUT2D eigenvalue weighted by molar-refractivity contribution is -0.144. The van der Waals surface area contributed by atoms with E-state index in [1.807, 2.05) is 66.7 Å². The number of nitrogens with zero attached hydrogens (tertiary/aromatic N) is 1. The summed E-state index contributed by atoms with van der Waals surface area (Å²) >= 11 is 0. The average Bonchev–Trinajstić information content (AvgIpc) is 2.88. The highest BCUT2D eigenvalue weighted by atomic mass is 16.5. The van der Waals surface area contributed by atoms with E-state index in [2.05, 4.69) is 22.3 Å². The van der Waals surface area contributed by atoms with E-state index in [9.17, 15) is 4.79 Å². The number of rotatable bonds is 10. The fraction of sp³-hybridized carbons (Fsp3) is 0.321. The SMILES string of the molecule is COc1ccccc1Oc1cccc(CN2CCC(NCC(=O)OCc3ccccc3)CC2)c1. The molecule has 4 rings (SSSR count). The van der Waals surface area contributed by atoms with E-state index in [4.69, 9.17) is 14.2 Å². The van der Waals surface area contributed by atoms with E-state index in [-0.39, 0.29) is 12.5 Å². The van der Waals surface area contributed by atoms with Gasteiger partial charge in [0.15, 0.2) is 11.5 Å². The first-order valence-corrected chi connectivity index (χ1v) is 11.7. The number of esters is 1. The molecule has 6 nitrogen and oxygen atoms in total. The summed E-state index contributed by atoms with van der Waals surface area (Å²) in [7, 11) is 1.64. The van der Waals surface area contributed by atoms with Crippen LogP contribution in [0.4, 0.5) is 0 Å². The quantitative estimate of drug-likeness (QED) is 0.439. The van der Waals surface area contributed by atoms with Gasteiger partial charge in [-0.1, -0.05) is 54.6 Å². The second-order valence-corrected chi connectivity index (χ2v) is 8.48. The number of carbonyl (C=O) groups excluding carboxylic acids is 1. The molecule has 0 bridgehead atoms. The van der Waals surface area contributed by atoms with Gasteiger partial charge in [0.05, 0.1) is 13.7 Å². The lowest BCUT2D eigenvalue weighted by Gasteiger charge is -2.32. The van der Waals surface area contributed by atoms with Crippen LogP contribution in [0.15, 0.2) is 78.9 Å². The van der Waals surface area contributed by atoms with Gasteiger partial charge >= 0.3 is 5.97 Å². The maximum Gasteiger partial charge on any atom is 0.320 e. The van der Waals surface area contributed by atoms with Crippen LogP contribution in [0.1, 0.15) is 24.0 Å². The normalized spacial score (nSPS) is 14.5. The Morgan fingerprint density at radius 2 is 1.62 bits per heavy atom. The number of carbonyl (C=O) groups is 1. The molecule has 0 spiro atoms. The second kappa shape index (κ2) is 12.2. The summed E-state index contributed by atoms with van der Waals surface area (Å²) in [4.78, 5) is 14.5. The molecule has 0 saturated carbocycles. The third-order valence-corrected chi connectivity index (χ3v) is 5.97. The Labute approximate surface area is 201 Å². The average molecular weight is 461 g/mol. The predicted octanol–water partition coefficient (Wildman–Crippen LogP) is 4.78. The monoisotopic (exact) mass is 460 g/mol. The van der Waals surface area contributed by atoms with E-state index >= 15 is 0 Å². The highest BCUT2D eigenvalue weighted by Gasteiger charge is 2.20. The summed E-state index contributed by atoms with van der Waals surface area (Å²) < 4.78 is 16.8. The fourth-order valence-electron chi connectivity index (χ4n) is 4.11. The van der Waals surface area contributed by atoms with E-state index < -0.39 is 0 Å². The summed E-state index contributed by atoms with van der Waals surface area (Å²) in [6, 6.07) is 25.9. The van der Waals surface area contributed by atoms with Crippen molar-refractivity contribution >= 4 is 5.97 Å². The number of methoxy groups -OCH3 is 1. The molecule has 1 aliphatic rings. The van der Waals surface area contributed by atoms with Crippen LogP contribution in [0.5, 0.6) is 17.2 Å². The molecule has 3 aromatic carbocycles. The lowest BCUT2D eigenvalue weighted by atomic mass is 10.0. The number of para-hydroxylation sites is 2. The molecule has 1 aliphatic heterocycles. The second-order valence-electron chi connectivity index (χ2n) is 8.48. The summed E-state index contributed by atoms with van der Waals surface area (Å²) in [5, 5.41) is 3.36. The first-order chi connectivity index (χ1) is 16.7. The van der Waals surface area contributed by atoms with Crippen molar-refractivity contribution in [2.24, 2.45) is 0 Å². The number of ether oxygens (including phenoxy) is 3. The maximum absolute atomic E-state index is 12.1. The van der Waals surface area contributed by atoms with Gasteiger partial charge in [-0.25, -0.2) is 0 Å². The Bertz CT molecular complexity index is 1050. The Morgan fingerprint density at radius 3 is 2.38 bits per heavy atom. The Balaban J connectivity index is 1.19. The van der Waals surface area contributed by atoms with Gasteiger partial charge < -0.3 is 19.5 Å². The molecular formula is C28H32N2O4. The number of likely N-dealkylation sites (tertiary alicyclic amines) is 1.